The first-order valence-corrected chi connectivity index (χ1v) is 8.00. The molecule has 0 aromatic carbocycles. The number of nitrogens with zero attached hydrogens (tertiary/aromatic N) is 4. The summed E-state index contributed by atoms with van der Waals surface area (Å²) >= 11 is 0. The van der Waals surface area contributed by atoms with Crippen molar-refractivity contribution < 1.29 is 9.90 Å². The lowest BCUT2D eigenvalue weighted by Crippen LogP contribution is -2.32. The Bertz CT molecular complexity index is 805. The molecule has 3 aromatic rings. The van der Waals surface area contributed by atoms with Crippen molar-refractivity contribution in [1.82, 2.24) is 24.8 Å². The summed E-state index contributed by atoms with van der Waals surface area (Å²) in [6.07, 6.45) is 7.35. The fraction of sp³-hybridized carbons (Fsp3) is 0.222. The monoisotopic (exact) mass is 337 g/mol. The average molecular weight is 337 g/mol. The number of aliphatic hydroxyl groups is 1. The van der Waals surface area contributed by atoms with Crippen LogP contribution in [0.4, 0.5) is 0 Å². The summed E-state index contributed by atoms with van der Waals surface area (Å²) < 4.78 is 1.73. The maximum atomic E-state index is 12.3. The summed E-state index contributed by atoms with van der Waals surface area (Å²) in [5.74, 6) is 0.245. The van der Waals surface area contributed by atoms with Crippen molar-refractivity contribution >= 4 is 5.91 Å². The molecule has 0 aliphatic rings. The van der Waals surface area contributed by atoms with Gasteiger partial charge in [-0.3, -0.25) is 14.3 Å². The number of aliphatic hydroxyl groups excluding tert-OH is 1. The number of rotatable bonds is 7. The van der Waals surface area contributed by atoms with Gasteiger partial charge in [0.1, 0.15) is 17.8 Å². The van der Waals surface area contributed by atoms with E-state index in [0.717, 1.165) is 5.69 Å². The van der Waals surface area contributed by atoms with E-state index >= 15 is 0 Å². The van der Waals surface area contributed by atoms with Crippen LogP contribution in [0.25, 0.3) is 5.82 Å². The highest BCUT2D eigenvalue weighted by molar-refractivity contribution is 5.92. The van der Waals surface area contributed by atoms with Crippen LogP contribution in [-0.2, 0) is 6.42 Å². The van der Waals surface area contributed by atoms with Crippen LogP contribution in [0.3, 0.4) is 0 Å². The van der Waals surface area contributed by atoms with Crippen LogP contribution < -0.4 is 5.32 Å². The zero-order valence-corrected chi connectivity index (χ0v) is 13.6. The highest BCUT2D eigenvalue weighted by Gasteiger charge is 2.13. The second-order valence-corrected chi connectivity index (χ2v) is 5.63. The molecule has 1 atom stereocenters. The zero-order valence-electron chi connectivity index (χ0n) is 13.6. The van der Waals surface area contributed by atoms with Crippen LogP contribution in [0.15, 0.2) is 61.3 Å². The van der Waals surface area contributed by atoms with E-state index in [9.17, 15) is 9.90 Å². The summed E-state index contributed by atoms with van der Waals surface area (Å²) in [5.41, 5.74) is 1.21. The molecular formula is C18H19N5O2. The zero-order chi connectivity index (χ0) is 17.5. The molecular weight excluding hydrogens is 318 g/mol. The first-order chi connectivity index (χ1) is 12.3. The molecule has 25 heavy (non-hydrogen) atoms. The molecule has 0 aliphatic heterocycles. The minimum atomic E-state index is -0.276. The van der Waals surface area contributed by atoms with E-state index in [2.05, 4.69) is 20.3 Å². The van der Waals surface area contributed by atoms with Crippen molar-refractivity contribution in [1.29, 1.82) is 0 Å². The number of pyridine rings is 2. The van der Waals surface area contributed by atoms with E-state index < -0.39 is 0 Å². The number of imidazole rings is 1. The van der Waals surface area contributed by atoms with Crippen molar-refractivity contribution in [2.24, 2.45) is 5.92 Å². The first-order valence-electron chi connectivity index (χ1n) is 8.00. The van der Waals surface area contributed by atoms with Crippen molar-refractivity contribution in [2.75, 3.05) is 13.2 Å². The maximum Gasteiger partial charge on any atom is 0.269 e. The minimum Gasteiger partial charge on any atom is -0.396 e. The number of amides is 1. The third-order valence-electron chi connectivity index (χ3n) is 3.77. The summed E-state index contributed by atoms with van der Waals surface area (Å²) in [4.78, 5) is 24.9. The second kappa shape index (κ2) is 8.16. The molecule has 1 amide bonds. The summed E-state index contributed by atoms with van der Waals surface area (Å²) in [5, 5.41) is 12.4. The van der Waals surface area contributed by atoms with E-state index in [4.69, 9.17) is 0 Å². The predicted molar refractivity (Wildman–Crippen MR) is 92.2 cm³/mol. The predicted octanol–water partition coefficient (Wildman–Crippen LogP) is 1.24. The molecule has 0 saturated heterocycles. The Hall–Kier alpha value is -3.06. The molecule has 0 spiro atoms. The van der Waals surface area contributed by atoms with E-state index in [0.29, 0.717) is 24.5 Å². The SMILES string of the molecule is O=C(NCC(CO)Cc1ccccn1)c1cccc(-n2ccnc2)n1. The third kappa shape index (κ3) is 4.48. The van der Waals surface area contributed by atoms with Crippen LogP contribution in [0.1, 0.15) is 16.2 Å². The van der Waals surface area contributed by atoms with Gasteiger partial charge >= 0.3 is 0 Å². The Labute approximate surface area is 145 Å². The topological polar surface area (TPSA) is 92.9 Å². The van der Waals surface area contributed by atoms with Gasteiger partial charge in [-0.1, -0.05) is 12.1 Å². The number of carbonyl (C=O) groups is 1. The van der Waals surface area contributed by atoms with E-state index in [1.54, 1.807) is 47.7 Å². The molecule has 2 N–H and O–H groups in total. The molecule has 3 aromatic heterocycles. The van der Waals surface area contributed by atoms with Crippen LogP contribution in [0, 0.1) is 5.92 Å². The first kappa shape index (κ1) is 16.8. The molecule has 128 valence electrons. The molecule has 0 fully saturated rings. The molecule has 3 heterocycles. The number of hydrogen-bond acceptors (Lipinski definition) is 5. The van der Waals surface area contributed by atoms with Crippen molar-refractivity contribution in [2.45, 2.75) is 6.42 Å². The lowest BCUT2D eigenvalue weighted by atomic mass is 10.0. The Morgan fingerprint density at radius 3 is 2.84 bits per heavy atom. The largest absolute Gasteiger partial charge is 0.396 e. The lowest BCUT2D eigenvalue weighted by molar-refractivity contribution is 0.0934. The minimum absolute atomic E-state index is 0.0284. The van der Waals surface area contributed by atoms with E-state index in [1.807, 2.05) is 18.2 Å². The Morgan fingerprint density at radius 1 is 1.20 bits per heavy atom. The summed E-state index contributed by atoms with van der Waals surface area (Å²) in [6.45, 7) is 0.322. The fourth-order valence-electron chi connectivity index (χ4n) is 2.43. The average Bonchev–Trinajstić information content (AvgIpc) is 3.20. The van der Waals surface area contributed by atoms with Gasteiger partial charge in [-0.25, -0.2) is 9.97 Å². The van der Waals surface area contributed by atoms with Gasteiger partial charge in [0.05, 0.1) is 0 Å². The Balaban J connectivity index is 1.61. The molecule has 3 rings (SSSR count). The molecule has 1 unspecified atom stereocenters. The van der Waals surface area contributed by atoms with E-state index in [1.165, 1.54) is 0 Å². The van der Waals surface area contributed by atoms with Gasteiger partial charge in [-0.05, 0) is 30.7 Å². The Morgan fingerprint density at radius 2 is 2.12 bits per heavy atom. The van der Waals surface area contributed by atoms with Crippen molar-refractivity contribution in [3.8, 4) is 5.82 Å². The standard InChI is InChI=1S/C18H19N5O2/c24-12-14(10-15-4-1-2-7-20-15)11-21-18(25)16-5-3-6-17(22-16)23-9-8-19-13-23/h1-9,13-14,24H,10-12H2,(H,21,25). The van der Waals surface area contributed by atoms with Gasteiger partial charge in [0.25, 0.3) is 5.91 Å². The van der Waals surface area contributed by atoms with Gasteiger partial charge in [0.2, 0.25) is 0 Å². The van der Waals surface area contributed by atoms with Crippen LogP contribution >= 0.6 is 0 Å². The van der Waals surface area contributed by atoms with Gasteiger partial charge in [-0.2, -0.15) is 0 Å². The summed E-state index contributed by atoms with van der Waals surface area (Å²) in [7, 11) is 0. The molecule has 0 saturated carbocycles. The number of hydrogen-bond donors (Lipinski definition) is 2. The molecule has 7 heteroatoms. The Kier molecular flexibility index (Phi) is 5.48. The van der Waals surface area contributed by atoms with Crippen LogP contribution in [0.5, 0.6) is 0 Å². The third-order valence-corrected chi connectivity index (χ3v) is 3.77. The normalized spacial score (nSPS) is 11.9. The number of aromatic nitrogens is 4. The van der Waals surface area contributed by atoms with Crippen LogP contribution in [0.2, 0.25) is 0 Å². The smallest absolute Gasteiger partial charge is 0.269 e. The molecule has 0 aliphatic carbocycles. The maximum absolute atomic E-state index is 12.3. The number of carbonyl (C=O) groups excluding carboxylic acids is 1. The molecule has 0 radical (unpaired) electrons. The highest BCUT2D eigenvalue weighted by Crippen LogP contribution is 2.07. The van der Waals surface area contributed by atoms with Crippen molar-refractivity contribution in [3.63, 3.8) is 0 Å². The second-order valence-electron chi connectivity index (χ2n) is 5.63. The highest BCUT2D eigenvalue weighted by atomic mass is 16.3. The molecule has 7 nitrogen and oxygen atoms in total. The van der Waals surface area contributed by atoms with Crippen molar-refractivity contribution in [3.05, 3.63) is 72.7 Å². The van der Waals surface area contributed by atoms with Gasteiger partial charge in [0, 0.05) is 43.4 Å². The van der Waals surface area contributed by atoms with Gasteiger partial charge < -0.3 is 10.4 Å². The molecule has 0 bridgehead atoms. The van der Waals surface area contributed by atoms with Gasteiger partial charge in [-0.15, -0.1) is 0 Å². The van der Waals surface area contributed by atoms with Crippen LogP contribution in [-0.4, -0.2) is 43.7 Å². The fourth-order valence-corrected chi connectivity index (χ4v) is 2.43. The van der Waals surface area contributed by atoms with Gasteiger partial charge in [0.15, 0.2) is 0 Å². The number of nitrogens with one attached hydrogen (secondary N) is 1. The lowest BCUT2D eigenvalue weighted by Gasteiger charge is -2.14. The quantitative estimate of drug-likeness (QED) is 0.677. The van der Waals surface area contributed by atoms with E-state index in [-0.39, 0.29) is 18.4 Å². The summed E-state index contributed by atoms with van der Waals surface area (Å²) in [6, 6.07) is 10.9.